The summed E-state index contributed by atoms with van der Waals surface area (Å²) in [5.74, 6) is 0.491. The number of pyridine rings is 1. The molecule has 0 bridgehead atoms. The van der Waals surface area contributed by atoms with Crippen molar-refractivity contribution in [3.63, 3.8) is 0 Å². The molecule has 25 heavy (non-hydrogen) atoms. The molecule has 2 heterocycles. The topological polar surface area (TPSA) is 68.5 Å². The number of fused-ring (bicyclic) bond motifs is 1. The van der Waals surface area contributed by atoms with Gasteiger partial charge in [-0.3, -0.25) is 9.69 Å². The zero-order valence-corrected chi connectivity index (χ0v) is 14.2. The number of rotatable bonds is 4. The zero-order valence-electron chi connectivity index (χ0n) is 14.2. The fraction of sp³-hybridized carbons (Fsp3) is 0.400. The summed E-state index contributed by atoms with van der Waals surface area (Å²) in [5, 5.41) is 0. The van der Waals surface area contributed by atoms with Gasteiger partial charge < -0.3 is 10.5 Å². The molecular weight excluding hydrogens is 314 g/mol. The van der Waals surface area contributed by atoms with Crippen LogP contribution in [0.3, 0.4) is 0 Å². The molecule has 2 N–H and O–H groups in total. The van der Waals surface area contributed by atoms with Crippen molar-refractivity contribution < 1.29 is 9.53 Å². The van der Waals surface area contributed by atoms with Gasteiger partial charge in [-0.15, -0.1) is 0 Å². The third-order valence-electron chi connectivity index (χ3n) is 5.23. The van der Waals surface area contributed by atoms with Gasteiger partial charge in [0.25, 0.3) is 5.91 Å². The number of hydrogen-bond donors (Lipinski definition) is 1. The minimum absolute atomic E-state index is 0.0865. The second-order valence-corrected chi connectivity index (χ2v) is 6.79. The van der Waals surface area contributed by atoms with Gasteiger partial charge in [-0.2, -0.15) is 0 Å². The number of primary amides is 1. The fourth-order valence-corrected chi connectivity index (χ4v) is 3.57. The highest BCUT2D eigenvalue weighted by Crippen LogP contribution is 2.29. The van der Waals surface area contributed by atoms with Crippen LogP contribution in [-0.2, 0) is 12.8 Å². The second-order valence-electron chi connectivity index (χ2n) is 6.79. The number of aromatic nitrogens is 1. The number of benzene rings is 1. The van der Waals surface area contributed by atoms with Crippen LogP contribution in [0.15, 0.2) is 30.3 Å². The molecule has 0 atom stereocenters. The highest BCUT2D eigenvalue weighted by molar-refractivity contribution is 5.90. The summed E-state index contributed by atoms with van der Waals surface area (Å²) >= 11 is 0. The van der Waals surface area contributed by atoms with E-state index in [4.69, 9.17) is 10.5 Å². The molecule has 0 spiro atoms. The van der Waals surface area contributed by atoms with Crippen LogP contribution in [0.1, 0.15) is 40.9 Å². The van der Waals surface area contributed by atoms with Crippen LogP contribution in [0.4, 0.5) is 0 Å². The van der Waals surface area contributed by atoms with E-state index in [1.165, 1.54) is 30.4 Å². The molecule has 1 fully saturated rings. The molecule has 1 radical (unpaired) electrons. The fourth-order valence-electron chi connectivity index (χ4n) is 3.57. The first-order chi connectivity index (χ1) is 12.2. The van der Waals surface area contributed by atoms with Crippen LogP contribution in [-0.4, -0.2) is 34.9 Å². The lowest BCUT2D eigenvalue weighted by molar-refractivity contribution is 0.0994. The molecule has 129 valence electrons. The van der Waals surface area contributed by atoms with Gasteiger partial charge in [-0.1, -0.05) is 12.5 Å². The van der Waals surface area contributed by atoms with E-state index in [0.29, 0.717) is 5.88 Å². The molecule has 1 amide bonds. The lowest BCUT2D eigenvalue weighted by Gasteiger charge is -2.36. The molecule has 1 aliphatic heterocycles. The van der Waals surface area contributed by atoms with E-state index in [-0.39, 0.29) is 5.69 Å². The van der Waals surface area contributed by atoms with E-state index in [2.05, 4.69) is 28.1 Å². The van der Waals surface area contributed by atoms with E-state index >= 15 is 0 Å². The minimum Gasteiger partial charge on any atom is -0.439 e. The van der Waals surface area contributed by atoms with Crippen molar-refractivity contribution in [1.82, 2.24) is 9.88 Å². The van der Waals surface area contributed by atoms with Crippen LogP contribution >= 0.6 is 0 Å². The van der Waals surface area contributed by atoms with E-state index in [1.807, 2.05) is 6.07 Å². The first-order valence-electron chi connectivity index (χ1n) is 8.91. The number of carbonyl (C=O) groups is 1. The number of nitrogens with two attached hydrogens (primary N) is 1. The predicted molar refractivity (Wildman–Crippen MR) is 94.7 cm³/mol. The Morgan fingerprint density at radius 1 is 1.20 bits per heavy atom. The Hall–Kier alpha value is -2.40. The number of nitrogens with zero attached hydrogens (tertiary/aromatic N) is 2. The number of carbonyl (C=O) groups excluding carboxylic acids is 1. The van der Waals surface area contributed by atoms with E-state index in [1.54, 1.807) is 12.1 Å². The van der Waals surface area contributed by atoms with Crippen molar-refractivity contribution in [2.75, 3.05) is 13.1 Å². The van der Waals surface area contributed by atoms with Crippen molar-refractivity contribution in [2.24, 2.45) is 5.73 Å². The quantitative estimate of drug-likeness (QED) is 0.932. The van der Waals surface area contributed by atoms with Crippen LogP contribution < -0.4 is 10.5 Å². The Labute approximate surface area is 147 Å². The average Bonchev–Trinajstić information content (AvgIpc) is 2.76. The first kappa shape index (κ1) is 16.1. The second kappa shape index (κ2) is 6.84. The highest BCUT2D eigenvalue weighted by Gasteiger charge is 2.26. The maximum atomic E-state index is 11.2. The van der Waals surface area contributed by atoms with Crippen molar-refractivity contribution in [2.45, 2.75) is 38.1 Å². The molecule has 5 nitrogen and oxygen atoms in total. The van der Waals surface area contributed by atoms with Gasteiger partial charge in [-0.25, -0.2) is 4.98 Å². The summed E-state index contributed by atoms with van der Waals surface area (Å²) in [5.41, 5.74) is 8.08. The third-order valence-corrected chi connectivity index (χ3v) is 5.23. The first-order valence-corrected chi connectivity index (χ1v) is 8.91. The van der Waals surface area contributed by atoms with Gasteiger partial charge >= 0.3 is 0 Å². The summed E-state index contributed by atoms with van der Waals surface area (Å²) in [7, 11) is 0. The lowest BCUT2D eigenvalue weighted by atomic mass is 9.91. The van der Waals surface area contributed by atoms with E-state index in [9.17, 15) is 4.79 Å². The van der Waals surface area contributed by atoms with Crippen LogP contribution in [0, 0.1) is 6.07 Å². The molecule has 2 aromatic rings. The maximum absolute atomic E-state index is 11.2. The van der Waals surface area contributed by atoms with Gasteiger partial charge in [0.2, 0.25) is 5.88 Å². The highest BCUT2D eigenvalue weighted by atomic mass is 16.5. The Balaban J connectivity index is 1.49. The molecule has 2 aliphatic rings. The summed E-state index contributed by atoms with van der Waals surface area (Å²) in [6.07, 6.45) is 6.22. The number of ether oxygens (including phenoxy) is 1. The average molecular weight is 336 g/mol. The van der Waals surface area contributed by atoms with Crippen molar-refractivity contribution in [3.8, 4) is 11.6 Å². The maximum Gasteiger partial charge on any atom is 0.268 e. The van der Waals surface area contributed by atoms with Gasteiger partial charge in [0, 0.05) is 31.3 Å². The summed E-state index contributed by atoms with van der Waals surface area (Å²) in [6.45, 7) is 2.27. The van der Waals surface area contributed by atoms with Crippen molar-refractivity contribution in [1.29, 1.82) is 0 Å². The summed E-state index contributed by atoms with van der Waals surface area (Å²) in [6, 6.07) is 13.0. The van der Waals surface area contributed by atoms with Gasteiger partial charge in [0.15, 0.2) is 0 Å². The lowest BCUT2D eigenvalue weighted by Crippen LogP contribution is -2.41. The predicted octanol–water partition coefficient (Wildman–Crippen LogP) is 2.73. The number of amides is 1. The monoisotopic (exact) mass is 336 g/mol. The Morgan fingerprint density at radius 3 is 2.72 bits per heavy atom. The molecule has 4 rings (SSSR count). The van der Waals surface area contributed by atoms with Crippen molar-refractivity contribution >= 4 is 5.91 Å². The number of hydrogen-bond acceptors (Lipinski definition) is 4. The Kier molecular flexibility index (Phi) is 4.40. The van der Waals surface area contributed by atoms with Crippen molar-refractivity contribution in [3.05, 3.63) is 53.2 Å². The molecule has 1 aliphatic carbocycles. The smallest absolute Gasteiger partial charge is 0.268 e. The minimum atomic E-state index is -0.608. The SMILES string of the molecule is NC(=O)c1[c]ccc(Oc2ccc3c(c2)CCN(C2CCC2)CC3)n1. The molecule has 1 saturated carbocycles. The van der Waals surface area contributed by atoms with Crippen LogP contribution in [0.25, 0.3) is 0 Å². The standard InChI is InChI=1S/C20H22N3O2/c21-20(24)18-5-2-6-19(22-18)25-17-8-7-14-9-11-23(16-3-1-4-16)12-10-15(14)13-17/h2,6-8,13,16H,1,3-4,9-12H2,(H2,21,24). The summed E-state index contributed by atoms with van der Waals surface area (Å²) < 4.78 is 5.83. The Bertz CT molecular complexity index is 786. The molecule has 0 saturated heterocycles. The molecular formula is C20H22N3O2. The third kappa shape index (κ3) is 3.51. The van der Waals surface area contributed by atoms with E-state index < -0.39 is 5.91 Å². The van der Waals surface area contributed by atoms with Crippen LogP contribution in [0.2, 0.25) is 0 Å². The molecule has 0 unspecified atom stereocenters. The van der Waals surface area contributed by atoms with Gasteiger partial charge in [0.05, 0.1) is 0 Å². The van der Waals surface area contributed by atoms with Gasteiger partial charge in [0.1, 0.15) is 11.4 Å². The molecule has 1 aromatic heterocycles. The van der Waals surface area contributed by atoms with Crippen LogP contribution in [0.5, 0.6) is 11.6 Å². The largest absolute Gasteiger partial charge is 0.439 e. The molecule has 1 aromatic carbocycles. The normalized spacial score (nSPS) is 18.1. The molecule has 5 heteroatoms. The zero-order chi connectivity index (χ0) is 17.2. The van der Waals surface area contributed by atoms with Gasteiger partial charge in [-0.05, 0) is 55.0 Å². The van der Waals surface area contributed by atoms with E-state index in [0.717, 1.165) is 37.7 Å². The summed E-state index contributed by atoms with van der Waals surface area (Å²) in [4.78, 5) is 17.9. The Morgan fingerprint density at radius 2 is 2.00 bits per heavy atom.